The van der Waals surface area contributed by atoms with Gasteiger partial charge in [-0.05, 0) is 54.8 Å². The van der Waals surface area contributed by atoms with E-state index in [0.29, 0.717) is 47.2 Å². The average molecular weight is 648 g/mol. The molecule has 2 heterocycles. The number of carboxylic acid groups (broad SMARTS) is 1. The lowest BCUT2D eigenvalue weighted by atomic mass is 9.87. The van der Waals surface area contributed by atoms with Gasteiger partial charge in [-0.3, -0.25) is 4.57 Å². The van der Waals surface area contributed by atoms with Gasteiger partial charge in [-0.25, -0.2) is 14.5 Å². The average Bonchev–Trinajstić information content (AvgIpc) is 3.20. The first-order valence-corrected chi connectivity index (χ1v) is 22.5. The minimum Gasteiger partial charge on any atom is -0.478 e. The lowest BCUT2D eigenvalue weighted by Crippen LogP contribution is -2.23. The topological polar surface area (TPSA) is 91.4 Å². The van der Waals surface area contributed by atoms with E-state index in [1.54, 1.807) is 6.07 Å². The molecule has 0 unspecified atom stereocenters. The Morgan fingerprint density at radius 3 is 2.38 bits per heavy atom. The zero-order valence-electron chi connectivity index (χ0n) is 24.9. The summed E-state index contributed by atoms with van der Waals surface area (Å²) in [6.45, 7) is 18.6. The fraction of sp³-hybridized carbons (Fsp3) is 0.621. The van der Waals surface area contributed by atoms with Crippen LogP contribution in [0.2, 0.25) is 51.4 Å². The van der Waals surface area contributed by atoms with Crippen molar-refractivity contribution in [3.05, 3.63) is 33.4 Å². The molecule has 40 heavy (non-hydrogen) atoms. The fourth-order valence-corrected chi connectivity index (χ4v) is 7.59. The molecule has 2 atom stereocenters. The molecule has 1 fully saturated rings. The maximum Gasteiger partial charge on any atom is 0.338 e. The van der Waals surface area contributed by atoms with E-state index in [1.807, 2.05) is 15.3 Å². The molecule has 0 spiro atoms. The number of carboxylic acids is 1. The maximum absolute atomic E-state index is 12.2. The van der Waals surface area contributed by atoms with Crippen LogP contribution in [0.3, 0.4) is 0 Å². The highest BCUT2D eigenvalue weighted by Gasteiger charge is 2.54. The van der Waals surface area contributed by atoms with Crippen molar-refractivity contribution in [2.75, 3.05) is 13.2 Å². The Balaban J connectivity index is 1.56. The molecule has 0 radical (unpaired) electrons. The monoisotopic (exact) mass is 646 g/mol. The smallest absolute Gasteiger partial charge is 0.338 e. The molecule has 11 heteroatoms. The van der Waals surface area contributed by atoms with Crippen LogP contribution < -0.4 is 0 Å². The van der Waals surface area contributed by atoms with Crippen LogP contribution >= 0.6 is 15.9 Å². The highest BCUT2D eigenvalue weighted by molar-refractivity contribution is 9.10. The van der Waals surface area contributed by atoms with Crippen molar-refractivity contribution in [2.45, 2.75) is 91.0 Å². The summed E-state index contributed by atoms with van der Waals surface area (Å²) in [7, 11) is -2.45. The zero-order chi connectivity index (χ0) is 29.0. The second kappa shape index (κ2) is 10.8. The Hall–Kier alpha value is -1.80. The first-order valence-electron chi connectivity index (χ1n) is 14.3. The van der Waals surface area contributed by atoms with Gasteiger partial charge >= 0.3 is 5.97 Å². The Labute approximate surface area is 247 Å². The summed E-state index contributed by atoms with van der Waals surface area (Å²) in [5, 5.41) is 15.1. The summed E-state index contributed by atoms with van der Waals surface area (Å²) in [5.41, 5.74) is 4.99. The van der Waals surface area contributed by atoms with Crippen LogP contribution in [0.15, 0.2) is 16.6 Å². The molecule has 0 saturated heterocycles. The maximum atomic E-state index is 12.2. The van der Waals surface area contributed by atoms with E-state index in [9.17, 15) is 9.90 Å². The SMILES string of the molecule is C[C@@]12Cc3c(c(-c4nc5c(C(=O)O)cc(Br)cc5n4COCC[Si](C)(C)C)nn3COCC[Si](C)(C)C)C[C@@H]1C2. The number of fused-ring (bicyclic) bond motifs is 3. The van der Waals surface area contributed by atoms with Crippen molar-refractivity contribution in [3.8, 4) is 11.5 Å². The predicted molar refractivity (Wildman–Crippen MR) is 167 cm³/mol. The number of carbonyl (C=O) groups is 1. The Bertz CT molecular complexity index is 1440. The summed E-state index contributed by atoms with van der Waals surface area (Å²) in [4.78, 5) is 17.2. The standard InChI is InChI=1S/C29H43BrN4O4Si2/c1-29-15-19(29)12-21-24(16-29)34(18-38-9-11-40(5,6)7)32-26(21)27-31-25-22(28(35)36)13-20(30)14-23(25)33(27)17-37-8-10-39(2,3)4/h13-14,19H,8-12,15-18H2,1-7H3,(H,35,36)/t19-,29-/m1/s1. The molecule has 1 saturated carbocycles. The molecule has 3 aromatic rings. The summed E-state index contributed by atoms with van der Waals surface area (Å²) in [6, 6.07) is 5.72. The van der Waals surface area contributed by atoms with Crippen molar-refractivity contribution >= 4 is 49.1 Å². The first kappa shape index (κ1) is 29.7. The molecule has 5 rings (SSSR count). The van der Waals surface area contributed by atoms with Crippen molar-refractivity contribution in [3.63, 3.8) is 0 Å². The second-order valence-electron chi connectivity index (χ2n) is 14.4. The van der Waals surface area contributed by atoms with Crippen LogP contribution in [0, 0.1) is 11.3 Å². The van der Waals surface area contributed by atoms with Crippen LogP contribution in [0.25, 0.3) is 22.6 Å². The van der Waals surface area contributed by atoms with Gasteiger partial charge in [0.1, 0.15) is 24.7 Å². The summed E-state index contributed by atoms with van der Waals surface area (Å²) < 4.78 is 17.1. The minimum atomic E-state index is -1.26. The number of hydrogen-bond acceptors (Lipinski definition) is 5. The summed E-state index contributed by atoms with van der Waals surface area (Å²) in [6.07, 6.45) is 3.17. The number of nitrogens with zero attached hydrogens (tertiary/aromatic N) is 4. The molecule has 2 aromatic heterocycles. The van der Waals surface area contributed by atoms with Crippen molar-refractivity contribution in [1.82, 2.24) is 19.3 Å². The summed E-state index contributed by atoms with van der Waals surface area (Å²) in [5.74, 6) is 0.322. The third kappa shape index (κ3) is 6.33. The van der Waals surface area contributed by atoms with E-state index >= 15 is 0 Å². The Morgan fingerprint density at radius 1 is 1.10 bits per heavy atom. The van der Waals surface area contributed by atoms with Gasteiger partial charge in [-0.15, -0.1) is 0 Å². The van der Waals surface area contributed by atoms with Crippen molar-refractivity contribution in [1.29, 1.82) is 0 Å². The lowest BCUT2D eigenvalue weighted by Gasteiger charge is -2.20. The number of benzene rings is 1. The van der Waals surface area contributed by atoms with Crippen LogP contribution in [0.5, 0.6) is 0 Å². The van der Waals surface area contributed by atoms with Gasteiger partial charge < -0.3 is 14.6 Å². The van der Waals surface area contributed by atoms with Crippen LogP contribution in [-0.4, -0.2) is 59.8 Å². The van der Waals surface area contributed by atoms with Gasteiger partial charge in [0.15, 0.2) is 5.82 Å². The molecule has 0 aliphatic heterocycles. The third-order valence-electron chi connectivity index (χ3n) is 8.41. The number of halogens is 1. The Kier molecular flexibility index (Phi) is 8.01. The van der Waals surface area contributed by atoms with Gasteiger partial charge in [0.2, 0.25) is 0 Å². The number of ether oxygens (including phenoxy) is 2. The molecule has 0 bridgehead atoms. The molecule has 8 nitrogen and oxygen atoms in total. The van der Waals surface area contributed by atoms with Gasteiger partial charge in [-0.2, -0.15) is 5.10 Å². The number of imidazole rings is 1. The number of hydrogen-bond donors (Lipinski definition) is 1. The van der Waals surface area contributed by atoms with Crippen molar-refractivity contribution in [2.24, 2.45) is 11.3 Å². The van der Waals surface area contributed by atoms with E-state index in [-0.39, 0.29) is 5.56 Å². The van der Waals surface area contributed by atoms with E-state index in [1.165, 1.54) is 17.7 Å². The van der Waals surface area contributed by atoms with Gasteiger partial charge in [0.05, 0.1) is 11.1 Å². The summed E-state index contributed by atoms with van der Waals surface area (Å²) >= 11 is 3.52. The quantitative estimate of drug-likeness (QED) is 0.167. The number of aromatic nitrogens is 4. The normalized spacial score (nSPS) is 20.6. The predicted octanol–water partition coefficient (Wildman–Crippen LogP) is 7.11. The molecular weight excluding hydrogens is 604 g/mol. The van der Waals surface area contributed by atoms with Gasteiger partial charge in [0, 0.05) is 45.1 Å². The van der Waals surface area contributed by atoms with E-state index in [2.05, 4.69) is 62.1 Å². The largest absolute Gasteiger partial charge is 0.478 e. The van der Waals surface area contributed by atoms with Crippen LogP contribution in [0.4, 0.5) is 0 Å². The molecule has 1 aromatic carbocycles. The number of rotatable bonds is 12. The van der Waals surface area contributed by atoms with E-state index in [4.69, 9.17) is 19.6 Å². The third-order valence-corrected chi connectivity index (χ3v) is 12.3. The highest BCUT2D eigenvalue weighted by Crippen LogP contribution is 2.60. The van der Waals surface area contributed by atoms with E-state index in [0.717, 1.165) is 42.7 Å². The second-order valence-corrected chi connectivity index (χ2v) is 26.6. The van der Waals surface area contributed by atoms with Crippen LogP contribution in [-0.2, 0) is 35.8 Å². The Morgan fingerprint density at radius 2 is 1.75 bits per heavy atom. The first-order chi connectivity index (χ1) is 18.7. The number of aromatic carboxylic acids is 1. The van der Waals surface area contributed by atoms with Gasteiger partial charge in [0.25, 0.3) is 0 Å². The van der Waals surface area contributed by atoms with E-state index < -0.39 is 22.1 Å². The highest BCUT2D eigenvalue weighted by atomic mass is 79.9. The fourth-order valence-electron chi connectivity index (χ4n) is 5.63. The molecule has 2 aliphatic carbocycles. The molecule has 218 valence electrons. The zero-order valence-corrected chi connectivity index (χ0v) is 28.5. The van der Waals surface area contributed by atoms with Crippen LogP contribution in [0.1, 0.15) is 35.0 Å². The molecule has 0 amide bonds. The lowest BCUT2D eigenvalue weighted by molar-refractivity contribution is 0.0698. The molecular formula is C29H43BrN4O4Si2. The molecule has 1 N–H and O–H groups in total. The molecule has 2 aliphatic rings. The minimum absolute atomic E-state index is 0.171. The van der Waals surface area contributed by atoms with Crippen molar-refractivity contribution < 1.29 is 19.4 Å². The van der Waals surface area contributed by atoms with Gasteiger partial charge in [-0.1, -0.05) is 62.1 Å².